The van der Waals surface area contributed by atoms with E-state index >= 15 is 0 Å². The fraction of sp³-hybridized carbons (Fsp3) is 0.333. The number of amides is 1. The molecule has 0 heterocycles. The summed E-state index contributed by atoms with van der Waals surface area (Å²) in [6.07, 6.45) is 2.46. The molecule has 2 aromatic rings. The molecule has 0 unspecified atom stereocenters. The second-order valence-corrected chi connectivity index (χ2v) is 7.98. The van der Waals surface area contributed by atoms with Crippen LogP contribution in [0.5, 0.6) is 0 Å². The Labute approximate surface area is 154 Å². The van der Waals surface area contributed by atoms with Gasteiger partial charge in [0.15, 0.2) is 0 Å². The fourth-order valence-corrected chi connectivity index (χ4v) is 3.10. The second-order valence-electron chi connectivity index (χ2n) is 7.58. The summed E-state index contributed by atoms with van der Waals surface area (Å²) in [5.74, 6) is 0.265. The maximum absolute atomic E-state index is 12.2. The zero-order chi connectivity index (χ0) is 18.0. The molecule has 130 valence electrons. The van der Waals surface area contributed by atoms with Gasteiger partial charge >= 0.3 is 0 Å². The summed E-state index contributed by atoms with van der Waals surface area (Å²) in [4.78, 5) is 12.2. The van der Waals surface area contributed by atoms with Crippen molar-refractivity contribution in [2.24, 2.45) is 11.0 Å². The van der Waals surface area contributed by atoms with Crippen LogP contribution in [-0.2, 0) is 10.2 Å². The van der Waals surface area contributed by atoms with Crippen molar-refractivity contribution in [3.05, 3.63) is 70.2 Å². The Morgan fingerprint density at radius 1 is 1.16 bits per heavy atom. The summed E-state index contributed by atoms with van der Waals surface area (Å²) < 4.78 is 0. The molecule has 1 saturated carbocycles. The molecule has 25 heavy (non-hydrogen) atoms. The summed E-state index contributed by atoms with van der Waals surface area (Å²) in [6.45, 7) is 6.60. The molecular weight excluding hydrogens is 332 g/mol. The minimum absolute atomic E-state index is 0.00359. The van der Waals surface area contributed by atoms with Crippen molar-refractivity contribution in [1.82, 2.24) is 5.43 Å². The first-order valence-corrected chi connectivity index (χ1v) is 8.92. The average molecular weight is 355 g/mol. The molecule has 0 bridgehead atoms. The van der Waals surface area contributed by atoms with Gasteiger partial charge in [-0.1, -0.05) is 74.8 Å². The molecule has 1 N–H and O–H groups in total. The molecular formula is C21H23ClN2O. The third kappa shape index (κ3) is 4.29. The quantitative estimate of drug-likeness (QED) is 0.616. The Bertz CT molecular complexity index is 790. The number of rotatable bonds is 4. The van der Waals surface area contributed by atoms with Crippen molar-refractivity contribution in [1.29, 1.82) is 0 Å². The molecule has 1 amide bonds. The first kappa shape index (κ1) is 17.7. The van der Waals surface area contributed by atoms with Crippen molar-refractivity contribution >= 4 is 23.7 Å². The Kier molecular flexibility index (Phi) is 4.96. The van der Waals surface area contributed by atoms with Gasteiger partial charge in [-0.3, -0.25) is 4.79 Å². The summed E-state index contributed by atoms with van der Waals surface area (Å²) in [5, 5.41) is 4.64. The van der Waals surface area contributed by atoms with E-state index in [1.807, 2.05) is 18.2 Å². The van der Waals surface area contributed by atoms with Crippen molar-refractivity contribution in [2.45, 2.75) is 38.5 Å². The minimum atomic E-state index is -0.0341. The highest BCUT2D eigenvalue weighted by atomic mass is 35.5. The molecule has 1 aliphatic rings. The normalized spacial score (nSPS) is 19.8. The van der Waals surface area contributed by atoms with Crippen LogP contribution in [0.3, 0.4) is 0 Å². The monoisotopic (exact) mass is 354 g/mol. The molecule has 2 aromatic carbocycles. The van der Waals surface area contributed by atoms with Gasteiger partial charge in [0.05, 0.1) is 6.21 Å². The van der Waals surface area contributed by atoms with Gasteiger partial charge in [0.2, 0.25) is 5.91 Å². The number of benzene rings is 2. The van der Waals surface area contributed by atoms with Crippen molar-refractivity contribution in [3.63, 3.8) is 0 Å². The predicted molar refractivity (Wildman–Crippen MR) is 103 cm³/mol. The molecule has 3 rings (SSSR count). The highest BCUT2D eigenvalue weighted by molar-refractivity contribution is 6.33. The van der Waals surface area contributed by atoms with E-state index in [0.717, 1.165) is 12.0 Å². The van der Waals surface area contributed by atoms with Gasteiger partial charge < -0.3 is 0 Å². The van der Waals surface area contributed by atoms with Gasteiger partial charge in [-0.2, -0.15) is 5.10 Å². The smallest absolute Gasteiger partial charge is 0.243 e. The van der Waals surface area contributed by atoms with Crippen molar-refractivity contribution in [2.75, 3.05) is 0 Å². The molecule has 0 aliphatic heterocycles. The van der Waals surface area contributed by atoms with Crippen LogP contribution in [0.15, 0.2) is 53.6 Å². The molecule has 3 nitrogen and oxygen atoms in total. The lowest BCUT2D eigenvalue weighted by Gasteiger charge is -2.19. The average Bonchev–Trinajstić information content (AvgIpc) is 3.37. The van der Waals surface area contributed by atoms with Gasteiger partial charge in [0.25, 0.3) is 0 Å². The Morgan fingerprint density at radius 3 is 2.48 bits per heavy atom. The van der Waals surface area contributed by atoms with Gasteiger partial charge in [0, 0.05) is 16.5 Å². The standard InChI is InChI=1S/C21H23ClN2O/c1-21(2,3)16-10-8-14(9-11-16)17-12-18(17)20(25)24-23-13-15-6-4-5-7-19(15)22/h4-11,13,17-18H,12H2,1-3H3,(H,24,25)/t17-,18+/m0/s1. The molecule has 0 aromatic heterocycles. The van der Waals surface area contributed by atoms with Gasteiger partial charge in [-0.05, 0) is 34.9 Å². The summed E-state index contributed by atoms with van der Waals surface area (Å²) in [5.41, 5.74) is 6.09. The van der Waals surface area contributed by atoms with E-state index < -0.39 is 0 Å². The van der Waals surface area contributed by atoms with Gasteiger partial charge in [-0.15, -0.1) is 0 Å². The van der Waals surface area contributed by atoms with E-state index in [2.05, 4.69) is 55.6 Å². The lowest BCUT2D eigenvalue weighted by molar-refractivity contribution is -0.122. The van der Waals surface area contributed by atoms with Crippen molar-refractivity contribution in [3.8, 4) is 0 Å². The van der Waals surface area contributed by atoms with E-state index in [9.17, 15) is 4.79 Å². The fourth-order valence-electron chi connectivity index (χ4n) is 2.91. The van der Waals surface area contributed by atoms with E-state index in [1.54, 1.807) is 12.3 Å². The van der Waals surface area contributed by atoms with Crippen LogP contribution in [0.25, 0.3) is 0 Å². The zero-order valence-electron chi connectivity index (χ0n) is 14.8. The van der Waals surface area contributed by atoms with E-state index in [0.29, 0.717) is 10.9 Å². The Balaban J connectivity index is 1.56. The van der Waals surface area contributed by atoms with Crippen LogP contribution in [0.2, 0.25) is 5.02 Å². The number of carbonyl (C=O) groups is 1. The van der Waals surface area contributed by atoms with Crippen LogP contribution in [0, 0.1) is 5.92 Å². The third-order valence-corrected chi connectivity index (χ3v) is 4.96. The molecule has 1 aliphatic carbocycles. The zero-order valence-corrected chi connectivity index (χ0v) is 15.5. The van der Waals surface area contributed by atoms with E-state index in [-0.39, 0.29) is 17.2 Å². The Hall–Kier alpha value is -2.13. The topological polar surface area (TPSA) is 41.5 Å². The van der Waals surface area contributed by atoms with Crippen molar-refractivity contribution < 1.29 is 4.79 Å². The van der Waals surface area contributed by atoms with Crippen LogP contribution in [-0.4, -0.2) is 12.1 Å². The van der Waals surface area contributed by atoms with E-state index in [4.69, 9.17) is 11.6 Å². The number of hydrogen-bond donors (Lipinski definition) is 1. The van der Waals surface area contributed by atoms with Crippen LogP contribution < -0.4 is 5.43 Å². The largest absolute Gasteiger partial charge is 0.273 e. The maximum atomic E-state index is 12.2. The van der Waals surface area contributed by atoms with E-state index in [1.165, 1.54) is 11.1 Å². The molecule has 0 saturated heterocycles. The molecule has 0 spiro atoms. The van der Waals surface area contributed by atoms with Gasteiger partial charge in [0.1, 0.15) is 0 Å². The second kappa shape index (κ2) is 7.01. The number of hydrogen-bond acceptors (Lipinski definition) is 2. The summed E-state index contributed by atoms with van der Waals surface area (Å²) in [7, 11) is 0. The summed E-state index contributed by atoms with van der Waals surface area (Å²) >= 11 is 6.06. The number of carbonyl (C=O) groups excluding carboxylic acids is 1. The number of nitrogens with zero attached hydrogens (tertiary/aromatic N) is 1. The molecule has 0 radical (unpaired) electrons. The SMILES string of the molecule is CC(C)(C)c1ccc([C@@H]2C[C@H]2C(=O)NN=Cc2ccccc2Cl)cc1. The highest BCUT2D eigenvalue weighted by Gasteiger charge is 2.43. The highest BCUT2D eigenvalue weighted by Crippen LogP contribution is 2.47. The number of hydrazone groups is 1. The van der Waals surface area contributed by atoms with Crippen LogP contribution in [0.1, 0.15) is 49.8 Å². The first-order chi connectivity index (χ1) is 11.9. The molecule has 1 fully saturated rings. The Morgan fingerprint density at radius 2 is 1.84 bits per heavy atom. The van der Waals surface area contributed by atoms with Crippen LogP contribution in [0.4, 0.5) is 0 Å². The first-order valence-electron chi connectivity index (χ1n) is 8.54. The van der Waals surface area contributed by atoms with Crippen LogP contribution >= 0.6 is 11.6 Å². The number of halogens is 1. The predicted octanol–water partition coefficient (Wildman–Crippen LogP) is 4.89. The molecule has 2 atom stereocenters. The lowest BCUT2D eigenvalue weighted by Crippen LogP contribution is -2.20. The minimum Gasteiger partial charge on any atom is -0.273 e. The third-order valence-electron chi connectivity index (χ3n) is 4.62. The molecule has 4 heteroatoms. The summed E-state index contributed by atoms with van der Waals surface area (Å²) in [6, 6.07) is 16.0. The number of nitrogens with one attached hydrogen (secondary N) is 1. The maximum Gasteiger partial charge on any atom is 0.243 e. The van der Waals surface area contributed by atoms with Gasteiger partial charge in [-0.25, -0.2) is 5.43 Å². The lowest BCUT2D eigenvalue weighted by atomic mass is 9.86.